The molecule has 2 aromatic heterocycles. The summed E-state index contributed by atoms with van der Waals surface area (Å²) in [7, 11) is -3.32. The van der Waals surface area contributed by atoms with E-state index >= 15 is 0 Å². The minimum Gasteiger partial charge on any atom is -0.346 e. The predicted molar refractivity (Wildman–Crippen MR) is 96.2 cm³/mol. The van der Waals surface area contributed by atoms with Crippen molar-refractivity contribution < 1.29 is 8.42 Å². The second-order valence-electron chi connectivity index (χ2n) is 6.60. The van der Waals surface area contributed by atoms with Crippen molar-refractivity contribution in [2.75, 3.05) is 18.8 Å². The number of aromatic nitrogens is 3. The molecule has 0 unspecified atom stereocenters. The van der Waals surface area contributed by atoms with Crippen molar-refractivity contribution in [3.8, 4) is 6.07 Å². The van der Waals surface area contributed by atoms with Gasteiger partial charge >= 0.3 is 0 Å². The van der Waals surface area contributed by atoms with Crippen molar-refractivity contribution in [3.63, 3.8) is 0 Å². The highest BCUT2D eigenvalue weighted by molar-refractivity contribution is 7.89. The third-order valence-corrected chi connectivity index (χ3v) is 7.12. The number of hydrogen-bond donors (Lipinski definition) is 1. The monoisotopic (exact) mass is 371 g/mol. The molecule has 0 saturated carbocycles. The van der Waals surface area contributed by atoms with E-state index in [0.717, 1.165) is 5.39 Å². The molecule has 0 aromatic carbocycles. The maximum Gasteiger partial charge on any atom is 0.213 e. The Morgan fingerprint density at radius 3 is 2.69 bits per heavy atom. The summed E-state index contributed by atoms with van der Waals surface area (Å²) in [5.74, 6) is 0.0281. The number of aromatic amines is 1. The standard InChI is InChI=1S/C16H17N7O2S/c1-2-26(24,25)23-9-15(10-23,4-5-17)16(7-21-22-8-16)13-12-3-6-18-14(12)20-11-19-13/h3,6-8,11H,2,4,9-10H2,1H3,(H,18,19,20). The molecule has 1 fully saturated rings. The summed E-state index contributed by atoms with van der Waals surface area (Å²) < 4.78 is 25.9. The van der Waals surface area contributed by atoms with Crippen LogP contribution in [0.25, 0.3) is 11.0 Å². The molecule has 2 aromatic rings. The summed E-state index contributed by atoms with van der Waals surface area (Å²) in [6.45, 7) is 2.07. The fourth-order valence-electron chi connectivity index (χ4n) is 3.81. The van der Waals surface area contributed by atoms with Crippen molar-refractivity contribution in [3.05, 3.63) is 24.3 Å². The van der Waals surface area contributed by atoms with Crippen LogP contribution in [0.1, 0.15) is 19.0 Å². The molecule has 0 amide bonds. The number of nitriles is 1. The average molecular weight is 371 g/mol. The van der Waals surface area contributed by atoms with E-state index in [1.807, 2.05) is 6.07 Å². The van der Waals surface area contributed by atoms with Gasteiger partial charge in [0.25, 0.3) is 0 Å². The zero-order valence-electron chi connectivity index (χ0n) is 14.1. The summed E-state index contributed by atoms with van der Waals surface area (Å²) in [5.41, 5.74) is -0.178. The highest BCUT2D eigenvalue weighted by atomic mass is 32.2. The molecule has 2 aliphatic heterocycles. The lowest BCUT2D eigenvalue weighted by molar-refractivity contribution is 0.0478. The number of nitrogens with zero attached hydrogens (tertiary/aromatic N) is 6. The molecule has 134 valence electrons. The summed E-state index contributed by atoms with van der Waals surface area (Å²) >= 11 is 0. The fraction of sp³-hybridized carbons (Fsp3) is 0.438. The topological polar surface area (TPSA) is 127 Å². The van der Waals surface area contributed by atoms with E-state index in [-0.39, 0.29) is 25.3 Å². The second kappa shape index (κ2) is 5.69. The molecule has 0 bridgehead atoms. The highest BCUT2D eigenvalue weighted by Gasteiger charge is 2.62. The second-order valence-corrected chi connectivity index (χ2v) is 8.86. The van der Waals surface area contributed by atoms with E-state index in [2.05, 4.69) is 31.2 Å². The van der Waals surface area contributed by atoms with Crippen molar-refractivity contribution in [2.45, 2.75) is 18.8 Å². The molecule has 1 saturated heterocycles. The van der Waals surface area contributed by atoms with Crippen molar-refractivity contribution in [2.24, 2.45) is 15.6 Å². The molecule has 9 nitrogen and oxygen atoms in total. The predicted octanol–water partition coefficient (Wildman–Crippen LogP) is 0.831. The Balaban J connectivity index is 1.86. The van der Waals surface area contributed by atoms with Gasteiger partial charge in [0.2, 0.25) is 10.0 Å². The van der Waals surface area contributed by atoms with Gasteiger partial charge in [-0.15, -0.1) is 0 Å². The SMILES string of the molecule is CCS(=O)(=O)N1CC(CC#N)(C2(c3ncnc4[nH]ccc34)C=NN=C2)C1. The first-order valence-electron chi connectivity index (χ1n) is 8.20. The van der Waals surface area contributed by atoms with Gasteiger partial charge in [0.05, 0.1) is 22.9 Å². The van der Waals surface area contributed by atoms with Crippen LogP contribution in [0.3, 0.4) is 0 Å². The van der Waals surface area contributed by atoms with E-state index in [9.17, 15) is 13.7 Å². The molecular weight excluding hydrogens is 354 g/mol. The molecular formula is C16H17N7O2S. The molecule has 0 atom stereocenters. The Morgan fingerprint density at radius 1 is 1.31 bits per heavy atom. The van der Waals surface area contributed by atoms with Gasteiger partial charge in [0.1, 0.15) is 12.0 Å². The average Bonchev–Trinajstić information content (AvgIpc) is 3.27. The zero-order valence-corrected chi connectivity index (χ0v) is 14.9. The Morgan fingerprint density at radius 2 is 2.04 bits per heavy atom. The van der Waals surface area contributed by atoms with Crippen LogP contribution in [0.5, 0.6) is 0 Å². The summed E-state index contributed by atoms with van der Waals surface area (Å²) in [6.07, 6.45) is 6.74. The maximum absolute atomic E-state index is 12.2. The molecule has 4 heterocycles. The minimum atomic E-state index is -3.32. The normalized spacial score (nSPS) is 20.9. The van der Waals surface area contributed by atoms with E-state index < -0.39 is 20.9 Å². The van der Waals surface area contributed by atoms with Gasteiger partial charge in [-0.25, -0.2) is 22.7 Å². The van der Waals surface area contributed by atoms with Crippen molar-refractivity contribution >= 4 is 33.5 Å². The Hall–Kier alpha value is -2.64. The van der Waals surface area contributed by atoms with Gasteiger partial charge in [0.15, 0.2) is 0 Å². The van der Waals surface area contributed by atoms with E-state index in [4.69, 9.17) is 0 Å². The molecule has 0 radical (unpaired) electrons. The molecule has 10 heteroatoms. The van der Waals surface area contributed by atoms with Crippen LogP contribution in [0.2, 0.25) is 0 Å². The van der Waals surface area contributed by atoms with Crippen LogP contribution in [-0.2, 0) is 15.4 Å². The zero-order chi connectivity index (χ0) is 18.4. The first-order valence-corrected chi connectivity index (χ1v) is 9.81. The molecule has 1 N–H and O–H groups in total. The van der Waals surface area contributed by atoms with Crippen LogP contribution >= 0.6 is 0 Å². The van der Waals surface area contributed by atoms with Gasteiger partial charge < -0.3 is 4.98 Å². The number of hydrogen-bond acceptors (Lipinski definition) is 7. The Labute approximate surface area is 150 Å². The number of fused-ring (bicyclic) bond motifs is 1. The van der Waals surface area contributed by atoms with Crippen LogP contribution in [0.15, 0.2) is 28.8 Å². The van der Waals surface area contributed by atoms with Gasteiger partial charge in [-0.3, -0.25) is 0 Å². The fourth-order valence-corrected chi connectivity index (χ4v) is 5.06. The number of nitrogens with one attached hydrogen (secondary N) is 1. The van der Waals surface area contributed by atoms with E-state index in [0.29, 0.717) is 11.3 Å². The van der Waals surface area contributed by atoms with Gasteiger partial charge in [-0.05, 0) is 13.0 Å². The van der Waals surface area contributed by atoms with Crippen LogP contribution in [0.4, 0.5) is 0 Å². The first kappa shape index (κ1) is 16.8. The number of rotatable bonds is 5. The highest BCUT2D eigenvalue weighted by Crippen LogP contribution is 2.51. The smallest absolute Gasteiger partial charge is 0.213 e. The summed E-state index contributed by atoms with van der Waals surface area (Å²) in [4.78, 5) is 11.7. The van der Waals surface area contributed by atoms with E-state index in [1.165, 1.54) is 10.6 Å². The molecule has 26 heavy (non-hydrogen) atoms. The lowest BCUT2D eigenvalue weighted by atomic mass is 9.57. The third kappa shape index (κ3) is 2.14. The van der Waals surface area contributed by atoms with Gasteiger partial charge in [0, 0.05) is 48.9 Å². The van der Waals surface area contributed by atoms with E-state index in [1.54, 1.807) is 25.5 Å². The van der Waals surface area contributed by atoms with Gasteiger partial charge in [-0.1, -0.05) is 0 Å². The molecule has 0 spiro atoms. The first-order chi connectivity index (χ1) is 12.5. The third-order valence-electron chi connectivity index (χ3n) is 5.35. The maximum atomic E-state index is 12.2. The van der Waals surface area contributed by atoms with Gasteiger partial charge in [-0.2, -0.15) is 15.5 Å². The van der Waals surface area contributed by atoms with Crippen LogP contribution < -0.4 is 0 Å². The lowest BCUT2D eigenvalue weighted by Crippen LogP contribution is -2.68. The summed E-state index contributed by atoms with van der Waals surface area (Å²) in [5, 5.41) is 18.3. The van der Waals surface area contributed by atoms with Crippen LogP contribution in [0, 0.1) is 16.7 Å². The lowest BCUT2D eigenvalue weighted by Gasteiger charge is -2.55. The Bertz CT molecular complexity index is 1050. The van der Waals surface area contributed by atoms with Crippen molar-refractivity contribution in [1.29, 1.82) is 5.26 Å². The Kier molecular flexibility index (Phi) is 3.68. The molecule has 4 rings (SSSR count). The van der Waals surface area contributed by atoms with Crippen molar-refractivity contribution in [1.82, 2.24) is 19.3 Å². The quantitative estimate of drug-likeness (QED) is 0.833. The molecule has 0 aliphatic carbocycles. The number of H-pyrrole nitrogens is 1. The van der Waals surface area contributed by atoms with Crippen LogP contribution in [-0.4, -0.2) is 58.9 Å². The largest absolute Gasteiger partial charge is 0.346 e. The molecule has 2 aliphatic rings. The number of sulfonamides is 1. The minimum absolute atomic E-state index is 0.0281. The summed E-state index contributed by atoms with van der Waals surface area (Å²) in [6, 6.07) is 4.08.